The fourth-order valence-corrected chi connectivity index (χ4v) is 3.83. The molecule has 8 heteroatoms. The van der Waals surface area contributed by atoms with Gasteiger partial charge in [-0.15, -0.1) is 11.8 Å². The first kappa shape index (κ1) is 19.9. The van der Waals surface area contributed by atoms with Crippen LogP contribution in [0.2, 0.25) is 0 Å². The van der Waals surface area contributed by atoms with Crippen LogP contribution in [-0.2, 0) is 4.79 Å². The second-order valence-corrected chi connectivity index (χ2v) is 7.48. The number of rotatable bonds is 5. The molecule has 1 aliphatic heterocycles. The van der Waals surface area contributed by atoms with E-state index < -0.39 is 4.92 Å². The molecule has 2 amide bonds. The third-order valence-electron chi connectivity index (χ3n) is 4.57. The van der Waals surface area contributed by atoms with Gasteiger partial charge in [0.1, 0.15) is 0 Å². The number of thioether (sulfide) groups is 1. The highest BCUT2D eigenvalue weighted by Crippen LogP contribution is 2.22. The number of amides is 2. The predicted octanol–water partition coefficient (Wildman–Crippen LogP) is 3.06. The average molecular weight is 399 g/mol. The van der Waals surface area contributed by atoms with E-state index in [4.69, 9.17) is 0 Å². The number of benzene rings is 2. The molecule has 1 heterocycles. The molecule has 1 saturated heterocycles. The maximum Gasteiger partial charge on any atom is 0.269 e. The molecule has 1 aliphatic rings. The Hall–Kier alpha value is -2.87. The van der Waals surface area contributed by atoms with Crippen LogP contribution < -0.4 is 0 Å². The molecule has 3 rings (SSSR count). The van der Waals surface area contributed by atoms with Crippen molar-refractivity contribution in [3.63, 3.8) is 0 Å². The minimum Gasteiger partial charge on any atom is -0.340 e. The molecule has 1 fully saturated rings. The summed E-state index contributed by atoms with van der Waals surface area (Å²) in [4.78, 5) is 39.8. The predicted molar refractivity (Wildman–Crippen MR) is 107 cm³/mol. The third kappa shape index (κ3) is 5.10. The molecule has 146 valence electrons. The van der Waals surface area contributed by atoms with Crippen LogP contribution in [0.1, 0.15) is 16.8 Å². The van der Waals surface area contributed by atoms with Gasteiger partial charge in [-0.25, -0.2) is 0 Å². The van der Waals surface area contributed by atoms with Crippen molar-refractivity contribution in [3.05, 3.63) is 70.3 Å². The Morgan fingerprint density at radius 1 is 0.929 bits per heavy atom. The number of carbonyl (C=O) groups excluding carboxylic acids is 2. The molecule has 2 aromatic carbocycles. The topological polar surface area (TPSA) is 83.8 Å². The lowest BCUT2D eigenvalue weighted by Gasteiger charge is -2.22. The summed E-state index contributed by atoms with van der Waals surface area (Å²) in [5.74, 6) is 0.275. The number of hydrogen-bond donors (Lipinski definition) is 0. The van der Waals surface area contributed by atoms with Crippen molar-refractivity contribution >= 4 is 29.3 Å². The molecule has 2 aromatic rings. The molecule has 28 heavy (non-hydrogen) atoms. The Morgan fingerprint density at radius 2 is 1.57 bits per heavy atom. The largest absolute Gasteiger partial charge is 0.340 e. The highest BCUT2D eigenvalue weighted by atomic mass is 32.2. The smallest absolute Gasteiger partial charge is 0.269 e. The molecule has 0 aromatic heterocycles. The first-order valence-electron chi connectivity index (χ1n) is 9.04. The minimum atomic E-state index is -0.445. The van der Waals surface area contributed by atoms with E-state index in [0.717, 1.165) is 11.3 Å². The van der Waals surface area contributed by atoms with Crippen LogP contribution in [0.3, 0.4) is 0 Å². The van der Waals surface area contributed by atoms with Crippen molar-refractivity contribution in [1.29, 1.82) is 0 Å². The van der Waals surface area contributed by atoms with Gasteiger partial charge >= 0.3 is 0 Å². The highest BCUT2D eigenvalue weighted by Gasteiger charge is 2.22. The fraction of sp³-hybridized carbons (Fsp3) is 0.300. The third-order valence-corrected chi connectivity index (χ3v) is 5.56. The van der Waals surface area contributed by atoms with Crippen LogP contribution in [0.5, 0.6) is 0 Å². The van der Waals surface area contributed by atoms with Crippen molar-refractivity contribution < 1.29 is 14.5 Å². The number of hydrogen-bond acceptors (Lipinski definition) is 5. The van der Waals surface area contributed by atoms with E-state index in [-0.39, 0.29) is 23.3 Å². The van der Waals surface area contributed by atoms with Gasteiger partial charge in [0.25, 0.3) is 11.6 Å². The summed E-state index contributed by atoms with van der Waals surface area (Å²) in [7, 11) is 0. The Balaban J connectivity index is 1.51. The number of carbonyl (C=O) groups is 2. The lowest BCUT2D eigenvalue weighted by atomic mass is 10.2. The van der Waals surface area contributed by atoms with Crippen LogP contribution in [-0.4, -0.2) is 58.5 Å². The van der Waals surface area contributed by atoms with Crippen LogP contribution in [0, 0.1) is 10.1 Å². The van der Waals surface area contributed by atoms with Gasteiger partial charge in [-0.3, -0.25) is 19.7 Å². The van der Waals surface area contributed by atoms with Gasteiger partial charge in [-0.2, -0.15) is 0 Å². The zero-order valence-corrected chi connectivity index (χ0v) is 16.1. The molecule has 0 saturated carbocycles. The maximum absolute atomic E-state index is 12.6. The number of nitrogens with zero attached hydrogens (tertiary/aromatic N) is 3. The first-order valence-corrected chi connectivity index (χ1v) is 10.0. The number of nitro benzene ring substituents is 1. The molecule has 0 radical (unpaired) electrons. The van der Waals surface area contributed by atoms with E-state index >= 15 is 0 Å². The highest BCUT2D eigenvalue weighted by molar-refractivity contribution is 8.00. The molecular weight excluding hydrogens is 378 g/mol. The summed E-state index contributed by atoms with van der Waals surface area (Å²) in [6.07, 6.45) is 0.743. The second kappa shape index (κ2) is 9.36. The summed E-state index contributed by atoms with van der Waals surface area (Å²) in [5.41, 5.74) is 0.697. The standard InChI is InChI=1S/C20H21N3O4S/c24-19(15-28-18-9-7-17(8-10-18)23(26)27)21-11-4-12-22(14-13-21)20(25)16-5-2-1-3-6-16/h1-3,5-10H,4,11-15H2. The molecule has 7 nitrogen and oxygen atoms in total. The first-order chi connectivity index (χ1) is 13.5. The summed E-state index contributed by atoms with van der Waals surface area (Å²) < 4.78 is 0. The minimum absolute atomic E-state index is 0.00449. The quantitative estimate of drug-likeness (QED) is 0.438. The molecule has 0 unspecified atom stereocenters. The average Bonchev–Trinajstić information content (AvgIpc) is 2.99. The SMILES string of the molecule is O=C(CSc1ccc([N+](=O)[O-])cc1)N1CCCN(C(=O)c2ccccc2)CC1. The van der Waals surface area contributed by atoms with Gasteiger partial charge in [-0.05, 0) is 30.7 Å². The van der Waals surface area contributed by atoms with Crippen molar-refractivity contribution in [2.24, 2.45) is 0 Å². The number of nitro groups is 1. The second-order valence-electron chi connectivity index (χ2n) is 6.43. The van der Waals surface area contributed by atoms with Crippen LogP contribution >= 0.6 is 11.8 Å². The normalized spacial score (nSPS) is 14.4. The summed E-state index contributed by atoms with van der Waals surface area (Å²) in [5, 5.41) is 10.7. The van der Waals surface area contributed by atoms with E-state index in [1.165, 1.54) is 23.9 Å². The molecular formula is C20H21N3O4S. The van der Waals surface area contributed by atoms with Crippen LogP contribution in [0.15, 0.2) is 59.5 Å². The summed E-state index contributed by atoms with van der Waals surface area (Å²) in [6, 6.07) is 15.3. The van der Waals surface area contributed by atoms with Gasteiger partial charge in [0.15, 0.2) is 0 Å². The summed E-state index contributed by atoms with van der Waals surface area (Å²) in [6.45, 7) is 2.28. The zero-order valence-electron chi connectivity index (χ0n) is 15.3. The van der Waals surface area contributed by atoms with Gasteiger partial charge in [-0.1, -0.05) is 18.2 Å². The monoisotopic (exact) mass is 399 g/mol. The molecule has 0 bridgehead atoms. The van der Waals surface area contributed by atoms with E-state index in [9.17, 15) is 19.7 Å². The molecule has 0 N–H and O–H groups in total. The zero-order chi connectivity index (χ0) is 19.9. The molecule has 0 spiro atoms. The van der Waals surface area contributed by atoms with Crippen LogP contribution in [0.4, 0.5) is 5.69 Å². The summed E-state index contributed by atoms with van der Waals surface area (Å²) >= 11 is 1.36. The lowest BCUT2D eigenvalue weighted by molar-refractivity contribution is -0.384. The van der Waals surface area contributed by atoms with Gasteiger partial charge in [0, 0.05) is 48.8 Å². The Labute approximate surface area is 167 Å². The van der Waals surface area contributed by atoms with E-state index in [0.29, 0.717) is 31.7 Å². The van der Waals surface area contributed by atoms with Crippen molar-refractivity contribution in [3.8, 4) is 0 Å². The van der Waals surface area contributed by atoms with E-state index in [1.807, 2.05) is 18.2 Å². The van der Waals surface area contributed by atoms with Crippen molar-refractivity contribution in [2.45, 2.75) is 11.3 Å². The Kier molecular flexibility index (Phi) is 6.65. The Morgan fingerprint density at radius 3 is 2.25 bits per heavy atom. The molecule has 0 aliphatic carbocycles. The van der Waals surface area contributed by atoms with E-state index in [2.05, 4.69) is 0 Å². The Bertz CT molecular complexity index is 842. The van der Waals surface area contributed by atoms with Gasteiger partial charge in [0.2, 0.25) is 5.91 Å². The van der Waals surface area contributed by atoms with E-state index in [1.54, 1.807) is 34.1 Å². The maximum atomic E-state index is 12.6. The number of non-ortho nitro benzene ring substituents is 1. The lowest BCUT2D eigenvalue weighted by Crippen LogP contribution is -2.38. The van der Waals surface area contributed by atoms with Gasteiger partial charge in [0.05, 0.1) is 10.7 Å². The van der Waals surface area contributed by atoms with Crippen molar-refractivity contribution in [2.75, 3.05) is 31.9 Å². The van der Waals surface area contributed by atoms with Crippen molar-refractivity contribution in [1.82, 2.24) is 9.80 Å². The molecule has 0 atom stereocenters. The van der Waals surface area contributed by atoms with Crippen LogP contribution in [0.25, 0.3) is 0 Å². The fourth-order valence-electron chi connectivity index (χ4n) is 3.03. The van der Waals surface area contributed by atoms with Gasteiger partial charge < -0.3 is 9.80 Å².